The van der Waals surface area contributed by atoms with Crippen molar-refractivity contribution in [1.29, 1.82) is 0 Å². The molecule has 1 aliphatic rings. The lowest BCUT2D eigenvalue weighted by molar-refractivity contribution is -0.121. The van der Waals surface area contributed by atoms with Crippen LogP contribution < -0.4 is 10.6 Å². The molecule has 0 radical (unpaired) electrons. The highest BCUT2D eigenvalue weighted by atomic mass is 16.1. The molecular formula is C18H22N6O. The first-order chi connectivity index (χ1) is 12.3. The zero-order chi connectivity index (χ0) is 17.1. The first kappa shape index (κ1) is 15.7. The lowest BCUT2D eigenvalue weighted by Gasteiger charge is -2.27. The summed E-state index contributed by atoms with van der Waals surface area (Å²) in [6, 6.07) is 3.79. The second-order valence-corrected chi connectivity index (χ2v) is 6.62. The third-order valence-corrected chi connectivity index (χ3v) is 4.99. The van der Waals surface area contributed by atoms with Gasteiger partial charge < -0.3 is 20.6 Å². The zero-order valence-corrected chi connectivity index (χ0v) is 14.0. The molecule has 0 aliphatic heterocycles. The van der Waals surface area contributed by atoms with Crippen LogP contribution in [-0.2, 0) is 4.79 Å². The molecule has 25 heavy (non-hydrogen) atoms. The number of hydrogen-bond acceptors (Lipinski definition) is 4. The monoisotopic (exact) mass is 338 g/mol. The highest BCUT2D eigenvalue weighted by Gasteiger charge is 2.26. The summed E-state index contributed by atoms with van der Waals surface area (Å²) < 4.78 is 0. The van der Waals surface area contributed by atoms with Gasteiger partial charge in [0, 0.05) is 42.6 Å². The fourth-order valence-electron chi connectivity index (χ4n) is 3.54. The van der Waals surface area contributed by atoms with Crippen LogP contribution in [0.3, 0.4) is 0 Å². The van der Waals surface area contributed by atoms with Gasteiger partial charge in [0.25, 0.3) is 0 Å². The minimum atomic E-state index is 0.0852. The minimum Gasteiger partial charge on any atom is -0.356 e. The van der Waals surface area contributed by atoms with E-state index in [0.717, 1.165) is 54.9 Å². The molecular weight excluding hydrogens is 316 g/mol. The molecule has 7 heteroatoms. The molecule has 0 atom stereocenters. The van der Waals surface area contributed by atoms with Crippen LogP contribution in [-0.4, -0.2) is 32.4 Å². The first-order valence-electron chi connectivity index (χ1n) is 8.76. The van der Waals surface area contributed by atoms with E-state index in [9.17, 15) is 4.79 Å². The molecule has 3 aromatic rings. The van der Waals surface area contributed by atoms with Crippen molar-refractivity contribution < 1.29 is 4.79 Å². The van der Waals surface area contributed by atoms with Gasteiger partial charge in [-0.05, 0) is 43.7 Å². The summed E-state index contributed by atoms with van der Waals surface area (Å²) in [5, 5.41) is 7.35. The van der Waals surface area contributed by atoms with E-state index in [2.05, 4.69) is 30.6 Å². The third-order valence-electron chi connectivity index (χ3n) is 4.99. The van der Waals surface area contributed by atoms with Gasteiger partial charge >= 0.3 is 0 Å². The molecule has 1 amide bonds. The van der Waals surface area contributed by atoms with Gasteiger partial charge in [0.05, 0.1) is 5.69 Å². The minimum absolute atomic E-state index is 0.0852. The van der Waals surface area contributed by atoms with Gasteiger partial charge in [0.1, 0.15) is 5.65 Å². The normalized spacial score (nSPS) is 20.5. The van der Waals surface area contributed by atoms with Crippen LogP contribution in [0.4, 0.5) is 11.6 Å². The molecule has 1 saturated carbocycles. The van der Waals surface area contributed by atoms with E-state index in [-0.39, 0.29) is 11.8 Å². The number of aromatic amines is 2. The van der Waals surface area contributed by atoms with Crippen LogP contribution in [0.1, 0.15) is 25.7 Å². The number of rotatable bonds is 5. The quantitative estimate of drug-likeness (QED) is 0.574. The van der Waals surface area contributed by atoms with Crippen LogP contribution in [0.15, 0.2) is 36.9 Å². The number of nitrogens with zero attached hydrogens (tertiary/aromatic N) is 2. The molecule has 1 fully saturated rings. The maximum atomic E-state index is 12.6. The molecule has 0 saturated heterocycles. The van der Waals surface area contributed by atoms with E-state index in [0.29, 0.717) is 5.92 Å². The molecule has 0 bridgehead atoms. The van der Waals surface area contributed by atoms with Gasteiger partial charge in [-0.3, -0.25) is 4.79 Å². The predicted octanol–water partition coefficient (Wildman–Crippen LogP) is 3.14. The van der Waals surface area contributed by atoms with Crippen LogP contribution in [0.2, 0.25) is 0 Å². The van der Waals surface area contributed by atoms with Gasteiger partial charge in [-0.1, -0.05) is 0 Å². The van der Waals surface area contributed by atoms with E-state index in [1.165, 1.54) is 0 Å². The number of imidazole rings is 1. The van der Waals surface area contributed by atoms with Gasteiger partial charge in [0.15, 0.2) is 5.95 Å². The van der Waals surface area contributed by atoms with Gasteiger partial charge in [0.2, 0.25) is 5.91 Å². The molecule has 0 aromatic carbocycles. The van der Waals surface area contributed by atoms with Crippen LogP contribution in [0.25, 0.3) is 11.0 Å². The molecule has 1 aliphatic carbocycles. The summed E-state index contributed by atoms with van der Waals surface area (Å²) >= 11 is 0. The number of carbonyl (C=O) groups is 1. The van der Waals surface area contributed by atoms with Crippen molar-refractivity contribution in [3.05, 3.63) is 36.9 Å². The number of anilines is 2. The first-order valence-corrected chi connectivity index (χ1v) is 8.76. The highest BCUT2D eigenvalue weighted by Crippen LogP contribution is 2.30. The van der Waals surface area contributed by atoms with Crippen molar-refractivity contribution in [2.24, 2.45) is 11.8 Å². The number of fused-ring (bicyclic) bond motifs is 1. The number of aromatic nitrogens is 4. The Kier molecular flexibility index (Phi) is 4.37. The second kappa shape index (κ2) is 6.96. The fourth-order valence-corrected chi connectivity index (χ4v) is 3.54. The summed E-state index contributed by atoms with van der Waals surface area (Å²) in [6.07, 6.45) is 11.1. The number of H-pyrrole nitrogens is 2. The summed E-state index contributed by atoms with van der Waals surface area (Å²) in [6.45, 7) is 0.899. The van der Waals surface area contributed by atoms with Gasteiger partial charge in [-0.15, -0.1) is 0 Å². The number of carbonyl (C=O) groups excluding carboxylic acids is 1. The van der Waals surface area contributed by atoms with Crippen LogP contribution in [0.5, 0.6) is 0 Å². The second-order valence-electron chi connectivity index (χ2n) is 6.62. The molecule has 3 heterocycles. The Bertz CT molecular complexity index is 832. The highest BCUT2D eigenvalue weighted by molar-refractivity contribution is 6.00. The van der Waals surface area contributed by atoms with Crippen molar-refractivity contribution >= 4 is 28.6 Å². The Hall–Kier alpha value is -2.83. The molecule has 130 valence electrons. The standard InChI is InChI=1S/C18H22N6O/c25-17(24-15-6-8-20-16-14(15)5-7-19-16)13-3-1-12(2-4-13)11-23-18-21-9-10-22-18/h5-10,12-13H,1-4,11H2,(H2,21,22,23)(H2,19,20,24,25)/t12-,13-. The number of nitrogens with one attached hydrogen (secondary N) is 4. The van der Waals surface area contributed by atoms with E-state index in [1.54, 1.807) is 12.4 Å². The maximum Gasteiger partial charge on any atom is 0.227 e. The fraction of sp³-hybridized carbons (Fsp3) is 0.389. The van der Waals surface area contributed by atoms with Crippen molar-refractivity contribution in [2.45, 2.75) is 25.7 Å². The lowest BCUT2D eigenvalue weighted by Crippen LogP contribution is -2.29. The predicted molar refractivity (Wildman–Crippen MR) is 97.2 cm³/mol. The van der Waals surface area contributed by atoms with Crippen molar-refractivity contribution in [3.63, 3.8) is 0 Å². The topological polar surface area (TPSA) is 98.5 Å². The Morgan fingerprint density at radius 2 is 1.96 bits per heavy atom. The molecule has 4 N–H and O–H groups in total. The smallest absolute Gasteiger partial charge is 0.227 e. The Morgan fingerprint density at radius 1 is 1.08 bits per heavy atom. The molecule has 0 spiro atoms. The third kappa shape index (κ3) is 3.50. The van der Waals surface area contributed by atoms with Crippen LogP contribution in [0, 0.1) is 11.8 Å². The molecule has 7 nitrogen and oxygen atoms in total. The van der Waals surface area contributed by atoms with Crippen LogP contribution >= 0.6 is 0 Å². The summed E-state index contributed by atoms with van der Waals surface area (Å²) in [7, 11) is 0. The van der Waals surface area contributed by atoms with Gasteiger partial charge in [-0.2, -0.15) is 0 Å². The van der Waals surface area contributed by atoms with Crippen molar-refractivity contribution in [1.82, 2.24) is 19.9 Å². The SMILES string of the molecule is O=C(Nc1ccnc2[nH]ccc12)[C@H]1CC[C@H](CNc2ncc[nH]2)CC1. The van der Waals surface area contributed by atoms with E-state index < -0.39 is 0 Å². The summed E-state index contributed by atoms with van der Waals surface area (Å²) in [5.74, 6) is 1.60. The Labute approximate surface area is 145 Å². The molecule has 0 unspecified atom stereocenters. The lowest BCUT2D eigenvalue weighted by atomic mass is 9.81. The largest absolute Gasteiger partial charge is 0.356 e. The van der Waals surface area contributed by atoms with Gasteiger partial charge in [-0.25, -0.2) is 9.97 Å². The number of amides is 1. The van der Waals surface area contributed by atoms with E-state index in [4.69, 9.17) is 0 Å². The zero-order valence-electron chi connectivity index (χ0n) is 14.0. The Morgan fingerprint density at radius 3 is 2.76 bits per heavy atom. The van der Waals surface area contributed by atoms with Crippen molar-refractivity contribution in [2.75, 3.05) is 17.2 Å². The summed E-state index contributed by atoms with van der Waals surface area (Å²) in [5.41, 5.74) is 1.63. The average Bonchev–Trinajstić information content (AvgIpc) is 3.32. The molecule has 4 rings (SSSR count). The van der Waals surface area contributed by atoms with E-state index >= 15 is 0 Å². The number of pyridine rings is 1. The maximum absolute atomic E-state index is 12.6. The molecule has 3 aromatic heterocycles. The summed E-state index contributed by atoms with van der Waals surface area (Å²) in [4.78, 5) is 27.2. The number of hydrogen-bond donors (Lipinski definition) is 4. The van der Waals surface area contributed by atoms with E-state index in [1.807, 2.05) is 24.5 Å². The van der Waals surface area contributed by atoms with Crippen molar-refractivity contribution in [3.8, 4) is 0 Å². The average molecular weight is 338 g/mol. The Balaban J connectivity index is 1.30.